The molecule has 0 radical (unpaired) electrons. The molecule has 1 atom stereocenters. The monoisotopic (exact) mass is 499 g/mol. The molecule has 2 N–H and O–H groups in total. The molecule has 0 aliphatic carbocycles. The Balaban J connectivity index is 1.86. The number of halogens is 5. The van der Waals surface area contributed by atoms with Gasteiger partial charge in [0.15, 0.2) is 0 Å². The quantitative estimate of drug-likeness (QED) is 0.532. The second kappa shape index (κ2) is 9.44. The fraction of sp³-hybridized carbons (Fsp3) is 0.227. The standard InChI is InChI=1S/C22H18Cl2F3N3O3/c1-3-6-28-20(32)29-19(31)17-5-4-13(7-12(17)2)18-11-21(33-30-18,22(25,26)27)14-8-15(23)10-16(24)9-14/h3-5,7-10H,1,6,11H2,2H3,(H2,28,29,31,32). The van der Waals surface area contributed by atoms with E-state index in [-0.39, 0.29) is 33.4 Å². The third-order valence-corrected chi connectivity index (χ3v) is 5.39. The number of imide groups is 1. The van der Waals surface area contributed by atoms with Crippen LogP contribution >= 0.6 is 23.2 Å². The number of carbonyl (C=O) groups is 2. The Morgan fingerprint density at radius 1 is 1.21 bits per heavy atom. The summed E-state index contributed by atoms with van der Waals surface area (Å²) in [5.41, 5.74) is -2.06. The van der Waals surface area contributed by atoms with E-state index in [0.29, 0.717) is 11.1 Å². The summed E-state index contributed by atoms with van der Waals surface area (Å²) in [4.78, 5) is 29.0. The van der Waals surface area contributed by atoms with Crippen LogP contribution < -0.4 is 10.6 Å². The molecule has 6 nitrogen and oxygen atoms in total. The maximum Gasteiger partial charge on any atom is 0.435 e. The van der Waals surface area contributed by atoms with Gasteiger partial charge in [-0.15, -0.1) is 6.58 Å². The molecule has 33 heavy (non-hydrogen) atoms. The van der Waals surface area contributed by atoms with E-state index in [2.05, 4.69) is 22.4 Å². The number of urea groups is 1. The Bertz CT molecular complexity index is 1130. The molecular formula is C22H18Cl2F3N3O3. The molecule has 0 bridgehead atoms. The lowest BCUT2D eigenvalue weighted by Crippen LogP contribution is -2.42. The van der Waals surface area contributed by atoms with Gasteiger partial charge in [-0.3, -0.25) is 10.1 Å². The maximum atomic E-state index is 14.1. The highest BCUT2D eigenvalue weighted by atomic mass is 35.5. The van der Waals surface area contributed by atoms with Crippen LogP contribution in [0.25, 0.3) is 0 Å². The fourth-order valence-corrected chi connectivity index (χ4v) is 3.85. The number of alkyl halides is 3. The van der Waals surface area contributed by atoms with E-state index in [9.17, 15) is 22.8 Å². The molecular weight excluding hydrogens is 482 g/mol. The molecule has 2 aromatic rings. The third-order valence-electron chi connectivity index (χ3n) is 4.95. The lowest BCUT2D eigenvalue weighted by atomic mass is 9.86. The van der Waals surface area contributed by atoms with Crippen LogP contribution in [0.3, 0.4) is 0 Å². The molecule has 1 unspecified atom stereocenters. The first kappa shape index (κ1) is 24.6. The van der Waals surface area contributed by atoms with Crippen molar-refractivity contribution in [1.82, 2.24) is 10.6 Å². The molecule has 1 heterocycles. The molecule has 0 spiro atoms. The fourth-order valence-electron chi connectivity index (χ4n) is 3.32. The van der Waals surface area contributed by atoms with E-state index < -0.39 is 30.1 Å². The highest BCUT2D eigenvalue weighted by Gasteiger charge is 2.62. The van der Waals surface area contributed by atoms with Crippen LogP contribution in [0.15, 0.2) is 54.2 Å². The number of amides is 3. The summed E-state index contributed by atoms with van der Waals surface area (Å²) in [5, 5.41) is 8.32. The van der Waals surface area contributed by atoms with Crippen molar-refractivity contribution in [1.29, 1.82) is 0 Å². The molecule has 0 fully saturated rings. The average molecular weight is 500 g/mol. The van der Waals surface area contributed by atoms with Gasteiger partial charge in [-0.05, 0) is 48.4 Å². The van der Waals surface area contributed by atoms with Crippen molar-refractivity contribution in [3.8, 4) is 0 Å². The maximum absolute atomic E-state index is 14.1. The summed E-state index contributed by atoms with van der Waals surface area (Å²) in [6.07, 6.45) is -3.99. The SMILES string of the molecule is C=CCNC(=O)NC(=O)c1ccc(C2=NOC(c3cc(Cl)cc(Cl)c3)(C(F)(F)F)C2)cc1C. The summed E-state index contributed by atoms with van der Waals surface area (Å²) in [6.45, 7) is 5.22. The predicted molar refractivity (Wildman–Crippen MR) is 119 cm³/mol. The van der Waals surface area contributed by atoms with Crippen LogP contribution in [0, 0.1) is 6.92 Å². The Morgan fingerprint density at radius 2 is 1.88 bits per heavy atom. The van der Waals surface area contributed by atoms with Gasteiger partial charge in [0, 0.05) is 34.1 Å². The minimum absolute atomic E-state index is 0.0292. The van der Waals surface area contributed by atoms with Gasteiger partial charge < -0.3 is 10.2 Å². The Morgan fingerprint density at radius 3 is 2.45 bits per heavy atom. The van der Waals surface area contributed by atoms with E-state index in [1.54, 1.807) is 6.92 Å². The van der Waals surface area contributed by atoms with Gasteiger partial charge in [-0.25, -0.2) is 4.79 Å². The summed E-state index contributed by atoms with van der Waals surface area (Å²) >= 11 is 11.8. The Kier molecular flexibility index (Phi) is 7.04. The number of aryl methyl sites for hydroxylation is 1. The molecule has 0 aromatic heterocycles. The number of nitrogens with one attached hydrogen (secondary N) is 2. The van der Waals surface area contributed by atoms with Gasteiger partial charge >= 0.3 is 12.2 Å². The zero-order valence-corrected chi connectivity index (χ0v) is 18.7. The van der Waals surface area contributed by atoms with E-state index >= 15 is 0 Å². The van der Waals surface area contributed by atoms with Crippen molar-refractivity contribution < 1.29 is 27.6 Å². The molecule has 174 valence electrons. The number of carbonyl (C=O) groups excluding carboxylic acids is 2. The number of nitrogens with zero attached hydrogens (tertiary/aromatic N) is 1. The van der Waals surface area contributed by atoms with Crippen LogP contribution in [-0.2, 0) is 10.4 Å². The topological polar surface area (TPSA) is 79.8 Å². The summed E-state index contributed by atoms with van der Waals surface area (Å²) in [6, 6.07) is 7.21. The normalized spacial score (nSPS) is 17.7. The first-order valence-corrected chi connectivity index (χ1v) is 10.3. The molecule has 3 rings (SSSR count). The van der Waals surface area contributed by atoms with Crippen molar-refractivity contribution >= 4 is 40.9 Å². The first-order chi connectivity index (χ1) is 15.5. The van der Waals surface area contributed by atoms with Crippen LogP contribution in [-0.4, -0.2) is 30.4 Å². The Labute approximate surface area is 197 Å². The number of oxime groups is 1. The van der Waals surface area contributed by atoms with Crippen molar-refractivity contribution in [2.75, 3.05) is 6.54 Å². The van der Waals surface area contributed by atoms with Crippen molar-refractivity contribution in [2.45, 2.75) is 25.1 Å². The summed E-state index contributed by atoms with van der Waals surface area (Å²) in [7, 11) is 0. The van der Waals surface area contributed by atoms with Crippen LogP contribution in [0.2, 0.25) is 10.0 Å². The molecule has 1 aliphatic heterocycles. The van der Waals surface area contributed by atoms with E-state index in [0.717, 1.165) is 12.1 Å². The van der Waals surface area contributed by atoms with Crippen molar-refractivity contribution in [2.24, 2.45) is 5.16 Å². The van der Waals surface area contributed by atoms with Gasteiger partial charge in [-0.2, -0.15) is 13.2 Å². The first-order valence-electron chi connectivity index (χ1n) is 9.56. The predicted octanol–water partition coefficient (Wildman–Crippen LogP) is 5.51. The largest absolute Gasteiger partial charge is 0.435 e. The van der Waals surface area contributed by atoms with Gasteiger partial charge in [0.2, 0.25) is 0 Å². The zero-order valence-electron chi connectivity index (χ0n) is 17.2. The molecule has 3 amide bonds. The highest BCUT2D eigenvalue weighted by Crippen LogP contribution is 2.49. The molecule has 1 aliphatic rings. The highest BCUT2D eigenvalue weighted by molar-refractivity contribution is 6.34. The van der Waals surface area contributed by atoms with Crippen LogP contribution in [0.5, 0.6) is 0 Å². The third kappa shape index (κ3) is 5.15. The Hall–Kier alpha value is -3.04. The van der Waals surface area contributed by atoms with Gasteiger partial charge in [-0.1, -0.05) is 40.5 Å². The number of hydrogen-bond acceptors (Lipinski definition) is 4. The second-order valence-corrected chi connectivity index (χ2v) is 8.14. The lowest BCUT2D eigenvalue weighted by molar-refractivity contribution is -0.275. The molecule has 11 heteroatoms. The van der Waals surface area contributed by atoms with Crippen molar-refractivity contribution in [3.05, 3.63) is 81.4 Å². The number of hydrogen-bond donors (Lipinski definition) is 2. The lowest BCUT2D eigenvalue weighted by Gasteiger charge is -2.29. The number of rotatable bonds is 5. The van der Waals surface area contributed by atoms with Gasteiger partial charge in [0.05, 0.1) is 5.71 Å². The van der Waals surface area contributed by atoms with Gasteiger partial charge in [0.1, 0.15) is 0 Å². The van der Waals surface area contributed by atoms with Crippen LogP contribution in [0.1, 0.15) is 33.5 Å². The zero-order chi connectivity index (χ0) is 24.4. The molecule has 2 aromatic carbocycles. The van der Waals surface area contributed by atoms with E-state index in [4.69, 9.17) is 28.0 Å². The van der Waals surface area contributed by atoms with Crippen molar-refractivity contribution in [3.63, 3.8) is 0 Å². The van der Waals surface area contributed by atoms with Crippen LogP contribution in [0.4, 0.5) is 18.0 Å². The smallest absolute Gasteiger partial charge is 0.374 e. The summed E-state index contributed by atoms with van der Waals surface area (Å²) in [5.74, 6) is -0.663. The molecule has 0 saturated carbocycles. The second-order valence-electron chi connectivity index (χ2n) is 7.27. The number of benzene rings is 2. The van der Waals surface area contributed by atoms with E-state index in [1.165, 1.54) is 30.3 Å². The average Bonchev–Trinajstić information content (AvgIpc) is 3.18. The van der Waals surface area contributed by atoms with E-state index in [1.807, 2.05) is 0 Å². The summed E-state index contributed by atoms with van der Waals surface area (Å²) < 4.78 is 42.4. The minimum atomic E-state index is -4.82. The molecule has 0 saturated heterocycles. The van der Waals surface area contributed by atoms with Gasteiger partial charge in [0.25, 0.3) is 11.5 Å². The minimum Gasteiger partial charge on any atom is -0.374 e.